The third kappa shape index (κ3) is 4.00. The summed E-state index contributed by atoms with van der Waals surface area (Å²) in [4.78, 5) is 19.0. The third-order valence-electron chi connectivity index (χ3n) is 4.83. The lowest BCUT2D eigenvalue weighted by atomic mass is 9.98. The number of nitrogens with one attached hydrogen (secondary N) is 1. The molecule has 1 fully saturated rings. The van der Waals surface area contributed by atoms with Crippen molar-refractivity contribution in [3.8, 4) is 11.4 Å². The molecule has 138 valence electrons. The van der Waals surface area contributed by atoms with Crippen molar-refractivity contribution in [1.82, 2.24) is 15.0 Å². The minimum absolute atomic E-state index is 0.0625. The van der Waals surface area contributed by atoms with Crippen LogP contribution in [-0.2, 0) is 0 Å². The van der Waals surface area contributed by atoms with Crippen molar-refractivity contribution in [2.75, 3.05) is 18.4 Å². The number of aromatic nitrogens is 2. The van der Waals surface area contributed by atoms with Crippen molar-refractivity contribution in [1.29, 1.82) is 0 Å². The zero-order valence-corrected chi connectivity index (χ0v) is 15.3. The van der Waals surface area contributed by atoms with E-state index in [1.54, 1.807) is 0 Å². The minimum Gasteiger partial charge on any atom is -0.339 e. The highest BCUT2D eigenvalue weighted by Gasteiger charge is 2.28. The van der Waals surface area contributed by atoms with E-state index in [2.05, 4.69) is 15.5 Å². The average Bonchev–Trinajstić information content (AvgIpc) is 3.21. The van der Waals surface area contributed by atoms with Crippen LogP contribution >= 0.6 is 0 Å². The van der Waals surface area contributed by atoms with E-state index in [4.69, 9.17) is 4.52 Å². The van der Waals surface area contributed by atoms with Gasteiger partial charge in [-0.05, 0) is 31.9 Å². The molecule has 1 aliphatic rings. The van der Waals surface area contributed by atoms with E-state index in [1.165, 1.54) is 0 Å². The Morgan fingerprint density at radius 2 is 1.93 bits per heavy atom. The highest BCUT2D eigenvalue weighted by molar-refractivity contribution is 5.89. The number of aryl methyl sites for hydroxylation is 1. The first kappa shape index (κ1) is 17.3. The highest BCUT2D eigenvalue weighted by Crippen LogP contribution is 2.28. The number of carbonyl (C=O) groups is 1. The summed E-state index contributed by atoms with van der Waals surface area (Å²) in [6.07, 6.45) is 1.85. The molecule has 0 saturated carbocycles. The summed E-state index contributed by atoms with van der Waals surface area (Å²) in [6, 6.07) is 17.5. The Hall–Kier alpha value is -3.15. The van der Waals surface area contributed by atoms with Gasteiger partial charge < -0.3 is 14.7 Å². The van der Waals surface area contributed by atoms with E-state index >= 15 is 0 Å². The van der Waals surface area contributed by atoms with Crippen LogP contribution in [0, 0.1) is 6.92 Å². The van der Waals surface area contributed by atoms with E-state index in [0.717, 1.165) is 36.2 Å². The first-order valence-corrected chi connectivity index (χ1v) is 9.20. The summed E-state index contributed by atoms with van der Waals surface area (Å²) in [5.74, 6) is 1.25. The fraction of sp³-hybridized carbons (Fsp3) is 0.286. The molecule has 3 aromatic rings. The maximum Gasteiger partial charge on any atom is 0.321 e. The van der Waals surface area contributed by atoms with E-state index in [0.29, 0.717) is 18.3 Å². The van der Waals surface area contributed by atoms with E-state index < -0.39 is 0 Å². The van der Waals surface area contributed by atoms with Crippen molar-refractivity contribution in [3.63, 3.8) is 0 Å². The number of carbonyl (C=O) groups excluding carboxylic acids is 1. The minimum atomic E-state index is -0.0913. The zero-order chi connectivity index (χ0) is 18.6. The number of hydrogen-bond donors (Lipinski definition) is 1. The van der Waals surface area contributed by atoms with Gasteiger partial charge in [0.15, 0.2) is 0 Å². The average molecular weight is 362 g/mol. The molecular weight excluding hydrogens is 340 g/mol. The van der Waals surface area contributed by atoms with Crippen molar-refractivity contribution in [2.24, 2.45) is 0 Å². The highest BCUT2D eigenvalue weighted by atomic mass is 16.5. The van der Waals surface area contributed by atoms with E-state index in [9.17, 15) is 4.79 Å². The van der Waals surface area contributed by atoms with Crippen LogP contribution in [0.5, 0.6) is 0 Å². The largest absolute Gasteiger partial charge is 0.339 e. The fourth-order valence-corrected chi connectivity index (χ4v) is 3.31. The van der Waals surface area contributed by atoms with Crippen LogP contribution in [-0.4, -0.2) is 34.2 Å². The number of urea groups is 1. The van der Waals surface area contributed by atoms with Crippen LogP contribution in [0.3, 0.4) is 0 Å². The van der Waals surface area contributed by atoms with Gasteiger partial charge in [-0.3, -0.25) is 0 Å². The number of piperidine rings is 1. The molecule has 0 radical (unpaired) electrons. The number of hydrogen-bond acceptors (Lipinski definition) is 4. The molecule has 2 amide bonds. The normalized spacial score (nSPS) is 16.9. The molecule has 0 aliphatic carbocycles. The molecule has 0 spiro atoms. The Balaban J connectivity index is 1.43. The lowest BCUT2D eigenvalue weighted by Crippen LogP contribution is -2.41. The van der Waals surface area contributed by atoms with Gasteiger partial charge in [-0.1, -0.05) is 53.2 Å². The Bertz CT molecular complexity index is 905. The molecule has 0 unspecified atom stereocenters. The van der Waals surface area contributed by atoms with Crippen molar-refractivity contribution in [2.45, 2.75) is 25.7 Å². The molecule has 1 N–H and O–H groups in total. The third-order valence-corrected chi connectivity index (χ3v) is 4.83. The van der Waals surface area contributed by atoms with Gasteiger partial charge in [-0.25, -0.2) is 4.79 Å². The van der Waals surface area contributed by atoms with Crippen LogP contribution in [0.1, 0.15) is 30.2 Å². The van der Waals surface area contributed by atoms with E-state index in [1.807, 2.05) is 66.4 Å². The number of rotatable bonds is 3. The van der Waals surface area contributed by atoms with Crippen molar-refractivity contribution < 1.29 is 9.32 Å². The zero-order valence-electron chi connectivity index (χ0n) is 15.3. The van der Waals surface area contributed by atoms with Crippen LogP contribution < -0.4 is 5.32 Å². The topological polar surface area (TPSA) is 71.3 Å². The molecule has 27 heavy (non-hydrogen) atoms. The Labute approximate surface area is 158 Å². The predicted molar refractivity (Wildman–Crippen MR) is 103 cm³/mol. The second kappa shape index (κ2) is 7.61. The van der Waals surface area contributed by atoms with Gasteiger partial charge >= 0.3 is 6.03 Å². The standard InChI is InChI=1S/C21H22N4O2/c1-15-9-11-18(12-10-15)22-21(26)25-13-5-8-17(14-25)20-23-19(24-27-20)16-6-3-2-4-7-16/h2-4,6-7,9-12,17H,5,8,13-14H2,1H3,(H,22,26)/t17-/m0/s1. The molecule has 2 heterocycles. The molecule has 1 saturated heterocycles. The summed E-state index contributed by atoms with van der Waals surface area (Å²) in [5, 5.41) is 7.06. The number of likely N-dealkylation sites (tertiary alicyclic amines) is 1. The summed E-state index contributed by atoms with van der Waals surface area (Å²) < 4.78 is 5.50. The Kier molecular flexibility index (Phi) is 4.87. The van der Waals surface area contributed by atoms with Gasteiger partial charge in [0, 0.05) is 24.3 Å². The quantitative estimate of drug-likeness (QED) is 0.747. The van der Waals surface area contributed by atoms with Gasteiger partial charge in [-0.15, -0.1) is 0 Å². The van der Waals surface area contributed by atoms with Crippen LogP contribution in [0.2, 0.25) is 0 Å². The lowest BCUT2D eigenvalue weighted by molar-refractivity contribution is 0.184. The molecule has 6 heteroatoms. The second-order valence-electron chi connectivity index (χ2n) is 6.90. The van der Waals surface area contributed by atoms with Gasteiger partial charge in [0.2, 0.25) is 11.7 Å². The predicted octanol–water partition coefficient (Wildman–Crippen LogP) is 4.46. The Morgan fingerprint density at radius 3 is 2.70 bits per heavy atom. The molecular formula is C21H22N4O2. The number of anilines is 1. The molecule has 4 rings (SSSR count). The van der Waals surface area contributed by atoms with Crippen LogP contribution in [0.15, 0.2) is 59.1 Å². The fourth-order valence-electron chi connectivity index (χ4n) is 3.31. The molecule has 2 aromatic carbocycles. The maximum atomic E-state index is 12.6. The summed E-state index contributed by atoms with van der Waals surface area (Å²) in [6.45, 7) is 3.33. The number of nitrogens with zero attached hydrogens (tertiary/aromatic N) is 3. The van der Waals surface area contributed by atoms with Crippen molar-refractivity contribution >= 4 is 11.7 Å². The first-order chi connectivity index (χ1) is 13.2. The van der Waals surface area contributed by atoms with Crippen LogP contribution in [0.25, 0.3) is 11.4 Å². The smallest absolute Gasteiger partial charge is 0.321 e. The summed E-state index contributed by atoms with van der Waals surface area (Å²) in [5.41, 5.74) is 2.89. The van der Waals surface area contributed by atoms with E-state index in [-0.39, 0.29) is 11.9 Å². The SMILES string of the molecule is Cc1ccc(NC(=O)N2CCC[C@H](c3nc(-c4ccccc4)no3)C2)cc1. The monoisotopic (exact) mass is 362 g/mol. The lowest BCUT2D eigenvalue weighted by Gasteiger charge is -2.31. The summed E-state index contributed by atoms with van der Waals surface area (Å²) >= 11 is 0. The molecule has 1 atom stereocenters. The molecule has 1 aromatic heterocycles. The number of benzene rings is 2. The van der Waals surface area contributed by atoms with Gasteiger partial charge in [0.25, 0.3) is 0 Å². The number of amides is 2. The summed E-state index contributed by atoms with van der Waals surface area (Å²) in [7, 11) is 0. The molecule has 1 aliphatic heterocycles. The van der Waals surface area contributed by atoms with Gasteiger partial charge in [0.05, 0.1) is 5.92 Å². The molecule has 0 bridgehead atoms. The Morgan fingerprint density at radius 1 is 1.15 bits per heavy atom. The van der Waals surface area contributed by atoms with Crippen LogP contribution in [0.4, 0.5) is 10.5 Å². The van der Waals surface area contributed by atoms with Gasteiger partial charge in [-0.2, -0.15) is 4.98 Å². The maximum absolute atomic E-state index is 12.6. The second-order valence-corrected chi connectivity index (χ2v) is 6.90. The van der Waals surface area contributed by atoms with Crippen molar-refractivity contribution in [3.05, 3.63) is 66.1 Å². The first-order valence-electron chi connectivity index (χ1n) is 9.20. The molecule has 6 nitrogen and oxygen atoms in total. The van der Waals surface area contributed by atoms with Gasteiger partial charge in [0.1, 0.15) is 0 Å².